The van der Waals surface area contributed by atoms with Gasteiger partial charge in [-0.05, 0) is 6.92 Å². The standard InChI is InChI=1S/C7H11N2.C2H3F3NO4S2/c1-3-8-5-6-9(4-2)7-8;1-11(7,8)6-12(9,10)2(3,4)5/h3,5-7H,1,4H2,2H3;1H3/q+1;-1. The SMILES string of the molecule is C=Cn1cc[n+](CC)c1.CS(=O)(=O)[N-]S(=O)(=O)C(F)(F)F. The van der Waals surface area contributed by atoms with Crippen LogP contribution >= 0.6 is 0 Å². The van der Waals surface area contributed by atoms with Gasteiger partial charge >= 0.3 is 5.51 Å². The van der Waals surface area contributed by atoms with Crippen LogP contribution < -0.4 is 4.57 Å². The zero-order valence-electron chi connectivity index (χ0n) is 11.1. The van der Waals surface area contributed by atoms with Crippen molar-refractivity contribution in [1.29, 1.82) is 0 Å². The minimum Gasteiger partial charge on any atom is -0.429 e. The van der Waals surface area contributed by atoms with E-state index in [0.29, 0.717) is 0 Å². The van der Waals surface area contributed by atoms with Crippen LogP contribution in [0, 0.1) is 0 Å². The first-order valence-electron chi connectivity index (χ1n) is 5.27. The number of sulfonamides is 2. The number of halogens is 3. The molecule has 0 aliphatic heterocycles. The summed E-state index contributed by atoms with van der Waals surface area (Å²) in [4.78, 5) is 0. The van der Waals surface area contributed by atoms with Crippen molar-refractivity contribution in [2.75, 3.05) is 6.26 Å². The van der Waals surface area contributed by atoms with E-state index < -0.39 is 25.6 Å². The number of hydrogen-bond donors (Lipinski definition) is 0. The first kappa shape index (κ1) is 19.6. The van der Waals surface area contributed by atoms with E-state index in [1.54, 1.807) is 10.3 Å². The van der Waals surface area contributed by atoms with E-state index in [1.165, 1.54) is 0 Å². The van der Waals surface area contributed by atoms with Crippen LogP contribution in [0.25, 0.3) is 10.3 Å². The van der Waals surface area contributed by atoms with Crippen molar-refractivity contribution in [3.63, 3.8) is 0 Å². The van der Waals surface area contributed by atoms with Crippen molar-refractivity contribution in [3.05, 3.63) is 29.4 Å². The molecule has 0 aromatic carbocycles. The van der Waals surface area contributed by atoms with Gasteiger partial charge in [-0.3, -0.25) is 0 Å². The van der Waals surface area contributed by atoms with Gasteiger partial charge in [0.15, 0.2) is 10.0 Å². The van der Waals surface area contributed by atoms with Crippen LogP contribution in [0.5, 0.6) is 0 Å². The average Bonchev–Trinajstić information content (AvgIpc) is 2.72. The molecule has 0 spiro atoms. The molecule has 1 rings (SSSR count). The maximum Gasteiger partial charge on any atom is 0.480 e. The van der Waals surface area contributed by atoms with E-state index in [4.69, 9.17) is 0 Å². The van der Waals surface area contributed by atoms with Crippen molar-refractivity contribution in [3.8, 4) is 0 Å². The highest BCUT2D eigenvalue weighted by molar-refractivity contribution is 8.12. The molecule has 0 aliphatic rings. The molecule has 122 valence electrons. The molecule has 0 radical (unpaired) electrons. The van der Waals surface area contributed by atoms with Gasteiger partial charge in [-0.1, -0.05) is 6.58 Å². The number of rotatable bonds is 4. The van der Waals surface area contributed by atoms with Crippen molar-refractivity contribution in [2.45, 2.75) is 19.0 Å². The Morgan fingerprint density at radius 2 is 1.86 bits per heavy atom. The molecule has 12 heteroatoms. The fourth-order valence-corrected chi connectivity index (χ4v) is 2.69. The molecule has 0 aliphatic carbocycles. The zero-order chi connectivity index (χ0) is 16.9. The van der Waals surface area contributed by atoms with Gasteiger partial charge in [0.2, 0.25) is 6.33 Å². The van der Waals surface area contributed by atoms with Crippen LogP contribution in [0.2, 0.25) is 0 Å². The third kappa shape index (κ3) is 7.24. The van der Waals surface area contributed by atoms with Crippen LogP contribution in [0.4, 0.5) is 13.2 Å². The summed E-state index contributed by atoms with van der Waals surface area (Å²) < 4.78 is 80.0. The normalized spacial score (nSPS) is 12.4. The lowest BCUT2D eigenvalue weighted by atomic mass is 10.7. The third-order valence-electron chi connectivity index (χ3n) is 1.81. The van der Waals surface area contributed by atoms with Gasteiger partial charge in [0, 0.05) is 6.26 Å². The van der Waals surface area contributed by atoms with Crippen molar-refractivity contribution in [1.82, 2.24) is 4.57 Å². The Hall–Kier alpha value is -1.40. The molecular formula is C9H14F3N3O4S2. The van der Waals surface area contributed by atoms with Crippen molar-refractivity contribution in [2.24, 2.45) is 0 Å². The molecule has 7 nitrogen and oxygen atoms in total. The summed E-state index contributed by atoms with van der Waals surface area (Å²) in [6.45, 7) is 6.75. The summed E-state index contributed by atoms with van der Waals surface area (Å²) in [6.07, 6.45) is 7.99. The molecular weight excluding hydrogens is 335 g/mol. The summed E-state index contributed by atoms with van der Waals surface area (Å²) in [7, 11) is -10.5. The van der Waals surface area contributed by atoms with Gasteiger partial charge in [-0.2, -0.15) is 13.2 Å². The molecule has 1 aromatic rings. The molecule has 0 amide bonds. The molecule has 0 unspecified atom stereocenters. The minimum absolute atomic E-state index is 0.246. The summed E-state index contributed by atoms with van der Waals surface area (Å²) in [5.74, 6) is 0. The van der Waals surface area contributed by atoms with Gasteiger partial charge in [-0.25, -0.2) is 26.0 Å². The number of hydrogen-bond acceptors (Lipinski definition) is 4. The van der Waals surface area contributed by atoms with Crippen LogP contribution in [0.1, 0.15) is 6.92 Å². The van der Waals surface area contributed by atoms with E-state index in [1.807, 2.05) is 23.3 Å². The molecule has 0 saturated carbocycles. The highest BCUT2D eigenvalue weighted by Gasteiger charge is 2.39. The van der Waals surface area contributed by atoms with Gasteiger partial charge in [0.1, 0.15) is 12.4 Å². The molecule has 0 bridgehead atoms. The third-order valence-corrected chi connectivity index (χ3v) is 4.27. The van der Waals surface area contributed by atoms with Crippen LogP contribution in [-0.4, -0.2) is 33.2 Å². The van der Waals surface area contributed by atoms with Gasteiger partial charge in [0.05, 0.1) is 22.8 Å². The second-order valence-corrected chi connectivity index (χ2v) is 7.08. The first-order chi connectivity index (χ1) is 9.32. The number of nitrogens with zero attached hydrogens (tertiary/aromatic N) is 3. The van der Waals surface area contributed by atoms with Crippen LogP contribution in [0.3, 0.4) is 0 Å². The van der Waals surface area contributed by atoms with E-state index in [9.17, 15) is 30.0 Å². The molecule has 1 aromatic heterocycles. The van der Waals surface area contributed by atoms with Gasteiger partial charge in [0.25, 0.3) is 0 Å². The summed E-state index contributed by atoms with van der Waals surface area (Å²) in [6, 6.07) is 0. The van der Waals surface area contributed by atoms with Crippen LogP contribution in [0.15, 0.2) is 25.3 Å². The lowest BCUT2D eigenvalue weighted by Gasteiger charge is -2.19. The number of aryl methyl sites for hydroxylation is 1. The lowest BCUT2D eigenvalue weighted by Crippen LogP contribution is -2.28. The van der Waals surface area contributed by atoms with E-state index >= 15 is 0 Å². The molecule has 21 heavy (non-hydrogen) atoms. The lowest BCUT2D eigenvalue weighted by molar-refractivity contribution is -0.692. The highest BCUT2D eigenvalue weighted by Crippen LogP contribution is 2.29. The topological polar surface area (TPSA) is 91.2 Å². The minimum atomic E-state index is -5.92. The van der Waals surface area contributed by atoms with E-state index in [-0.39, 0.29) is 6.26 Å². The smallest absolute Gasteiger partial charge is 0.429 e. The Morgan fingerprint density at radius 1 is 1.33 bits per heavy atom. The maximum absolute atomic E-state index is 11.4. The maximum atomic E-state index is 11.4. The van der Waals surface area contributed by atoms with Gasteiger partial charge < -0.3 is 4.13 Å². The summed E-state index contributed by atoms with van der Waals surface area (Å²) >= 11 is 0. The predicted molar refractivity (Wildman–Crippen MR) is 69.9 cm³/mol. The number of aromatic nitrogens is 2. The second kappa shape index (κ2) is 7.04. The number of imidazole rings is 1. The van der Waals surface area contributed by atoms with E-state index in [2.05, 4.69) is 18.1 Å². The summed E-state index contributed by atoms with van der Waals surface area (Å²) in [5, 5.41) is 0. The molecule has 1 heterocycles. The Labute approximate surface area is 120 Å². The van der Waals surface area contributed by atoms with Crippen molar-refractivity contribution < 1.29 is 34.6 Å². The summed E-state index contributed by atoms with van der Waals surface area (Å²) in [5.41, 5.74) is -5.67. The Kier molecular flexibility index (Phi) is 6.57. The second-order valence-electron chi connectivity index (χ2n) is 3.60. The Morgan fingerprint density at radius 3 is 2.05 bits per heavy atom. The fraction of sp³-hybridized carbons (Fsp3) is 0.444. The predicted octanol–water partition coefficient (Wildman–Crippen LogP) is 1.07. The Bertz CT molecular complexity index is 677. The van der Waals surface area contributed by atoms with E-state index in [0.717, 1.165) is 6.54 Å². The monoisotopic (exact) mass is 349 g/mol. The average molecular weight is 349 g/mol. The van der Waals surface area contributed by atoms with Crippen molar-refractivity contribution >= 4 is 26.2 Å². The molecule has 0 atom stereocenters. The Balaban J connectivity index is 0.000000394. The highest BCUT2D eigenvalue weighted by atomic mass is 32.3. The zero-order valence-corrected chi connectivity index (χ0v) is 12.8. The van der Waals surface area contributed by atoms with Crippen LogP contribution in [-0.2, 0) is 26.6 Å². The molecule has 0 fully saturated rings. The van der Waals surface area contributed by atoms with Gasteiger partial charge in [-0.15, -0.1) is 0 Å². The quantitative estimate of drug-likeness (QED) is 0.760. The number of alkyl halides is 3. The largest absolute Gasteiger partial charge is 0.480 e. The first-order valence-corrected chi connectivity index (χ1v) is 8.56. The molecule has 0 saturated heterocycles. The molecule has 0 N–H and O–H groups in total. The fourth-order valence-electron chi connectivity index (χ4n) is 0.926.